The van der Waals surface area contributed by atoms with E-state index in [1.54, 1.807) is 0 Å². The molecular weight excluding hydrogens is 290 g/mol. The van der Waals surface area contributed by atoms with Gasteiger partial charge in [-0.3, -0.25) is 0 Å². The maximum absolute atomic E-state index is 9.96. The topological polar surface area (TPSA) is 65.3 Å². The first-order valence-electron chi connectivity index (χ1n) is 3.39. The monoisotopic (exact) mass is 290 g/mol. The standard InChI is InChI=1S/C6H2Cl4N2O3/c7-3-2(1-15-12(13)14)5(9)11-6(10)4(3)8/h1H2. The van der Waals surface area contributed by atoms with Gasteiger partial charge in [0.1, 0.15) is 11.8 Å². The van der Waals surface area contributed by atoms with Gasteiger partial charge in [0.15, 0.2) is 5.15 Å². The second-order valence-electron chi connectivity index (χ2n) is 2.30. The predicted octanol–water partition coefficient (Wildman–Crippen LogP) is 3.40. The van der Waals surface area contributed by atoms with Gasteiger partial charge in [-0.25, -0.2) is 4.98 Å². The molecule has 9 heteroatoms. The lowest BCUT2D eigenvalue weighted by atomic mass is 10.3. The predicted molar refractivity (Wildman–Crippen MR) is 56.1 cm³/mol. The van der Waals surface area contributed by atoms with Crippen LogP contribution in [0.3, 0.4) is 0 Å². The minimum absolute atomic E-state index is 0.0106. The second-order valence-corrected chi connectivity index (χ2v) is 3.77. The Balaban J connectivity index is 3.07. The number of rotatable bonds is 3. The van der Waals surface area contributed by atoms with Crippen LogP contribution in [0, 0.1) is 10.1 Å². The van der Waals surface area contributed by atoms with Gasteiger partial charge in [0.25, 0.3) is 5.09 Å². The number of hydrogen-bond acceptors (Lipinski definition) is 4. The van der Waals surface area contributed by atoms with Gasteiger partial charge in [-0.1, -0.05) is 46.4 Å². The molecule has 1 aromatic rings. The summed E-state index contributed by atoms with van der Waals surface area (Å²) in [4.78, 5) is 17.7. The van der Waals surface area contributed by atoms with Crippen LogP contribution < -0.4 is 0 Å². The molecular formula is C6H2Cl4N2O3. The summed E-state index contributed by atoms with van der Waals surface area (Å²) in [5.74, 6) is 0. The smallest absolute Gasteiger partial charge is 0.294 e. The van der Waals surface area contributed by atoms with Crippen molar-refractivity contribution in [3.63, 3.8) is 0 Å². The van der Waals surface area contributed by atoms with Crippen molar-refractivity contribution < 1.29 is 9.92 Å². The van der Waals surface area contributed by atoms with E-state index in [9.17, 15) is 10.1 Å². The summed E-state index contributed by atoms with van der Waals surface area (Å²) in [5, 5.41) is 8.79. The molecule has 0 saturated heterocycles. The molecule has 0 fully saturated rings. The molecule has 0 aromatic carbocycles. The number of nitrogens with zero attached hydrogens (tertiary/aromatic N) is 2. The number of halogens is 4. The molecule has 0 aliphatic carbocycles. The van der Waals surface area contributed by atoms with E-state index >= 15 is 0 Å². The van der Waals surface area contributed by atoms with E-state index in [2.05, 4.69) is 9.82 Å². The van der Waals surface area contributed by atoms with Crippen LogP contribution >= 0.6 is 46.4 Å². The molecule has 5 nitrogen and oxygen atoms in total. The summed E-state index contributed by atoms with van der Waals surface area (Å²) in [5.41, 5.74) is 0.115. The SMILES string of the molecule is O=[N+]([O-])OCc1c(Cl)nc(Cl)c(Cl)c1Cl. The molecule has 0 N–H and O–H groups in total. The van der Waals surface area contributed by atoms with E-state index in [0.717, 1.165) is 0 Å². The minimum Gasteiger partial charge on any atom is -0.309 e. The van der Waals surface area contributed by atoms with Gasteiger partial charge in [-0.2, -0.15) is 0 Å². The van der Waals surface area contributed by atoms with Crippen LogP contribution in [-0.2, 0) is 11.4 Å². The van der Waals surface area contributed by atoms with Gasteiger partial charge in [-0.15, -0.1) is 10.1 Å². The third kappa shape index (κ3) is 2.98. The Morgan fingerprint density at radius 3 is 2.33 bits per heavy atom. The highest BCUT2D eigenvalue weighted by Crippen LogP contribution is 2.35. The maximum atomic E-state index is 9.96. The quantitative estimate of drug-likeness (QED) is 0.486. The van der Waals surface area contributed by atoms with Crippen molar-refractivity contribution >= 4 is 46.4 Å². The van der Waals surface area contributed by atoms with Crippen molar-refractivity contribution in [1.29, 1.82) is 0 Å². The van der Waals surface area contributed by atoms with Crippen LogP contribution in [0.4, 0.5) is 0 Å². The lowest BCUT2D eigenvalue weighted by Gasteiger charge is -2.07. The molecule has 0 radical (unpaired) electrons. The van der Waals surface area contributed by atoms with Crippen molar-refractivity contribution in [3.05, 3.63) is 36.0 Å². The molecule has 15 heavy (non-hydrogen) atoms. The minimum atomic E-state index is -0.977. The summed E-state index contributed by atoms with van der Waals surface area (Å²) in [7, 11) is 0. The number of pyridine rings is 1. The van der Waals surface area contributed by atoms with Crippen LogP contribution in [0.15, 0.2) is 0 Å². The summed E-state index contributed by atoms with van der Waals surface area (Å²) in [6, 6.07) is 0. The molecule has 1 heterocycles. The third-order valence-electron chi connectivity index (χ3n) is 1.40. The molecule has 0 aliphatic rings. The first kappa shape index (κ1) is 12.6. The van der Waals surface area contributed by atoms with Crippen molar-refractivity contribution in [3.8, 4) is 0 Å². The molecule has 1 rings (SSSR count). The molecule has 0 spiro atoms. The van der Waals surface area contributed by atoms with E-state index in [1.807, 2.05) is 0 Å². The van der Waals surface area contributed by atoms with Gasteiger partial charge < -0.3 is 4.84 Å². The molecule has 0 atom stereocenters. The summed E-state index contributed by atoms with van der Waals surface area (Å²) in [6.07, 6.45) is 0. The highest BCUT2D eigenvalue weighted by Gasteiger charge is 2.16. The second kappa shape index (κ2) is 5.03. The zero-order valence-corrected chi connectivity index (χ0v) is 9.86. The summed E-state index contributed by atoms with van der Waals surface area (Å²) < 4.78 is 0. The normalized spacial score (nSPS) is 10.1. The van der Waals surface area contributed by atoms with Crippen LogP contribution in [0.25, 0.3) is 0 Å². The number of aromatic nitrogens is 1. The molecule has 1 aromatic heterocycles. The zero-order valence-electron chi connectivity index (χ0n) is 6.84. The van der Waals surface area contributed by atoms with Gasteiger partial charge in [-0.05, 0) is 0 Å². The van der Waals surface area contributed by atoms with E-state index in [-0.39, 0.29) is 25.9 Å². The van der Waals surface area contributed by atoms with Gasteiger partial charge in [0.2, 0.25) is 0 Å². The van der Waals surface area contributed by atoms with Crippen molar-refractivity contribution in [2.75, 3.05) is 0 Å². The fourth-order valence-electron chi connectivity index (χ4n) is 0.757. The van der Waals surface area contributed by atoms with Gasteiger partial charge in [0, 0.05) is 5.56 Å². The van der Waals surface area contributed by atoms with Crippen LogP contribution in [0.1, 0.15) is 5.56 Å². The van der Waals surface area contributed by atoms with E-state index in [0.29, 0.717) is 0 Å². The van der Waals surface area contributed by atoms with Crippen LogP contribution in [-0.4, -0.2) is 10.1 Å². The lowest BCUT2D eigenvalue weighted by molar-refractivity contribution is -0.763. The van der Waals surface area contributed by atoms with Crippen molar-refractivity contribution in [1.82, 2.24) is 4.98 Å². The fourth-order valence-corrected chi connectivity index (χ4v) is 1.70. The maximum Gasteiger partial charge on any atom is 0.294 e. The Labute approximate surface area is 104 Å². The Hall–Kier alpha value is -0.490. The Kier molecular flexibility index (Phi) is 4.21. The lowest BCUT2D eigenvalue weighted by Crippen LogP contribution is -2.03. The Morgan fingerprint density at radius 2 is 1.80 bits per heavy atom. The van der Waals surface area contributed by atoms with E-state index < -0.39 is 11.7 Å². The molecule has 0 amide bonds. The van der Waals surface area contributed by atoms with Gasteiger partial charge in [0.05, 0.1) is 10.0 Å². The zero-order chi connectivity index (χ0) is 11.6. The van der Waals surface area contributed by atoms with Crippen LogP contribution in [0.5, 0.6) is 0 Å². The first-order chi connectivity index (χ1) is 6.93. The molecule has 0 unspecified atom stereocenters. The highest BCUT2D eigenvalue weighted by molar-refractivity contribution is 6.48. The molecule has 0 bridgehead atoms. The van der Waals surface area contributed by atoms with Crippen LogP contribution in [0.2, 0.25) is 20.4 Å². The first-order valence-corrected chi connectivity index (χ1v) is 4.90. The molecule has 82 valence electrons. The van der Waals surface area contributed by atoms with Crippen molar-refractivity contribution in [2.24, 2.45) is 0 Å². The Bertz CT molecular complexity index is 412. The largest absolute Gasteiger partial charge is 0.309 e. The fraction of sp³-hybridized carbons (Fsp3) is 0.167. The summed E-state index contributed by atoms with van der Waals surface area (Å²) >= 11 is 22.6. The molecule has 0 aliphatic heterocycles. The average Bonchev–Trinajstić information content (AvgIpc) is 2.14. The summed E-state index contributed by atoms with van der Waals surface area (Å²) in [6.45, 7) is -0.436. The third-order valence-corrected chi connectivity index (χ3v) is 2.96. The Morgan fingerprint density at radius 1 is 1.20 bits per heavy atom. The van der Waals surface area contributed by atoms with Crippen molar-refractivity contribution in [2.45, 2.75) is 6.61 Å². The van der Waals surface area contributed by atoms with E-state index in [1.165, 1.54) is 0 Å². The van der Waals surface area contributed by atoms with E-state index in [4.69, 9.17) is 46.4 Å². The number of hydrogen-bond donors (Lipinski definition) is 0. The average molecular weight is 292 g/mol. The molecule has 0 saturated carbocycles. The van der Waals surface area contributed by atoms with Gasteiger partial charge >= 0.3 is 0 Å². The highest BCUT2D eigenvalue weighted by atomic mass is 35.5.